The lowest BCUT2D eigenvalue weighted by atomic mass is 10.2. The minimum Gasteiger partial charge on any atom is -0.347 e. The molecule has 5 heterocycles. The van der Waals surface area contributed by atoms with Crippen LogP contribution in [-0.4, -0.2) is 54.7 Å². The highest BCUT2D eigenvalue weighted by Crippen LogP contribution is 2.36. The second kappa shape index (κ2) is 4.76. The first-order chi connectivity index (χ1) is 11.3. The van der Waals surface area contributed by atoms with Gasteiger partial charge in [-0.3, -0.25) is 4.40 Å². The molecule has 0 aliphatic carbocycles. The van der Waals surface area contributed by atoms with Gasteiger partial charge >= 0.3 is 0 Å². The second-order valence-corrected chi connectivity index (χ2v) is 6.30. The average Bonchev–Trinajstić information content (AvgIpc) is 3.29. The summed E-state index contributed by atoms with van der Waals surface area (Å²) < 4.78 is 1.90. The molecule has 2 bridgehead atoms. The van der Waals surface area contributed by atoms with Crippen molar-refractivity contribution >= 4 is 29.0 Å². The number of hydrogen-bond donors (Lipinski definition) is 0. The van der Waals surface area contributed by atoms with Crippen LogP contribution in [0.3, 0.4) is 0 Å². The van der Waals surface area contributed by atoms with Crippen molar-refractivity contribution in [3.8, 4) is 0 Å². The van der Waals surface area contributed by atoms with Gasteiger partial charge in [0, 0.05) is 25.5 Å². The van der Waals surface area contributed by atoms with Gasteiger partial charge in [0.15, 0.2) is 5.82 Å². The fourth-order valence-electron chi connectivity index (χ4n) is 3.57. The first-order valence-corrected chi connectivity index (χ1v) is 7.82. The summed E-state index contributed by atoms with van der Waals surface area (Å²) in [6.07, 6.45) is 9.71. The van der Waals surface area contributed by atoms with E-state index in [-0.39, 0.29) is 0 Å². The summed E-state index contributed by atoms with van der Waals surface area (Å²) in [7, 11) is 0. The highest BCUT2D eigenvalue weighted by atomic mass is 35.5. The highest BCUT2D eigenvalue weighted by Gasteiger charge is 2.45. The van der Waals surface area contributed by atoms with E-state index in [1.54, 1.807) is 24.9 Å². The van der Waals surface area contributed by atoms with Crippen LogP contribution >= 0.6 is 11.6 Å². The van der Waals surface area contributed by atoms with Crippen molar-refractivity contribution in [1.82, 2.24) is 29.5 Å². The van der Waals surface area contributed by atoms with Crippen LogP contribution in [0.1, 0.15) is 6.42 Å². The maximum absolute atomic E-state index is 5.87. The molecule has 0 spiro atoms. The molecule has 23 heavy (non-hydrogen) atoms. The molecule has 2 unspecified atom stereocenters. The molecule has 3 aromatic heterocycles. The molecule has 0 amide bonds. The zero-order chi connectivity index (χ0) is 15.4. The third-order valence-electron chi connectivity index (χ3n) is 4.57. The van der Waals surface area contributed by atoms with Gasteiger partial charge in [0.2, 0.25) is 11.6 Å². The first kappa shape index (κ1) is 13.0. The maximum Gasteiger partial charge on any atom is 0.225 e. The molecule has 9 heteroatoms. The molecule has 0 saturated carbocycles. The Morgan fingerprint density at radius 1 is 1.04 bits per heavy atom. The lowest BCUT2D eigenvalue weighted by Crippen LogP contribution is -2.47. The van der Waals surface area contributed by atoms with Crippen LogP contribution in [0.5, 0.6) is 0 Å². The second-order valence-electron chi connectivity index (χ2n) is 5.86. The molecule has 0 radical (unpaired) electrons. The van der Waals surface area contributed by atoms with Crippen molar-refractivity contribution < 1.29 is 0 Å². The molecule has 2 aliphatic heterocycles. The Bertz CT molecular complexity index is 863. The third kappa shape index (κ3) is 1.94. The van der Waals surface area contributed by atoms with Crippen molar-refractivity contribution in [3.05, 3.63) is 36.1 Å². The first-order valence-electron chi connectivity index (χ1n) is 7.45. The smallest absolute Gasteiger partial charge is 0.225 e. The van der Waals surface area contributed by atoms with Gasteiger partial charge in [-0.05, 0) is 6.42 Å². The summed E-state index contributed by atoms with van der Waals surface area (Å²) in [5.41, 5.74) is 0.800. The van der Waals surface area contributed by atoms with Gasteiger partial charge in [-0.15, -0.1) is 10.2 Å². The summed E-state index contributed by atoms with van der Waals surface area (Å²) in [6, 6.07) is 0.765. The number of nitrogens with zero attached hydrogens (tertiary/aromatic N) is 8. The lowest BCUT2D eigenvalue weighted by Gasteiger charge is -2.34. The van der Waals surface area contributed by atoms with Crippen LogP contribution in [0, 0.1) is 0 Å². The van der Waals surface area contributed by atoms with Crippen LogP contribution < -0.4 is 9.80 Å². The summed E-state index contributed by atoms with van der Waals surface area (Å²) in [6.45, 7) is 1.76. The van der Waals surface area contributed by atoms with Gasteiger partial charge in [-0.1, -0.05) is 11.6 Å². The largest absolute Gasteiger partial charge is 0.347 e. The number of hydrogen-bond acceptors (Lipinski definition) is 7. The Hall–Kier alpha value is -2.48. The number of piperazine rings is 1. The quantitative estimate of drug-likeness (QED) is 0.695. The molecule has 116 valence electrons. The van der Waals surface area contributed by atoms with Crippen LogP contribution in [0.25, 0.3) is 5.65 Å². The van der Waals surface area contributed by atoms with Gasteiger partial charge < -0.3 is 9.80 Å². The Morgan fingerprint density at radius 2 is 1.83 bits per heavy atom. The van der Waals surface area contributed by atoms with Gasteiger partial charge in [-0.2, -0.15) is 0 Å². The number of aromatic nitrogens is 6. The molecular formula is C14H13ClN8. The van der Waals surface area contributed by atoms with Gasteiger partial charge in [-0.25, -0.2) is 15.0 Å². The van der Waals surface area contributed by atoms with E-state index in [0.29, 0.717) is 17.1 Å². The van der Waals surface area contributed by atoms with E-state index < -0.39 is 0 Å². The van der Waals surface area contributed by atoms with Crippen molar-refractivity contribution in [2.75, 3.05) is 22.9 Å². The summed E-state index contributed by atoms with van der Waals surface area (Å²) in [4.78, 5) is 17.8. The van der Waals surface area contributed by atoms with Crippen molar-refractivity contribution in [2.24, 2.45) is 0 Å². The fraction of sp³-hybridized carbons (Fsp3) is 0.357. The number of rotatable bonds is 2. The summed E-state index contributed by atoms with van der Waals surface area (Å²) >= 11 is 5.87. The monoisotopic (exact) mass is 328 g/mol. The topological polar surface area (TPSA) is 75.3 Å². The molecule has 2 aliphatic rings. The highest BCUT2D eigenvalue weighted by molar-refractivity contribution is 6.30. The van der Waals surface area contributed by atoms with E-state index in [0.717, 1.165) is 36.9 Å². The Morgan fingerprint density at radius 3 is 2.61 bits per heavy atom. The number of halogens is 1. The molecule has 0 aromatic carbocycles. The van der Waals surface area contributed by atoms with Crippen LogP contribution in [-0.2, 0) is 0 Å². The molecule has 8 nitrogen and oxygen atoms in total. The van der Waals surface area contributed by atoms with E-state index >= 15 is 0 Å². The van der Waals surface area contributed by atoms with E-state index in [1.807, 2.05) is 10.6 Å². The zero-order valence-electron chi connectivity index (χ0n) is 12.1. The minimum absolute atomic E-state index is 0.381. The average molecular weight is 329 g/mol. The lowest BCUT2D eigenvalue weighted by molar-refractivity contribution is 0.628. The SMILES string of the molecule is Clc1cnc(N2CC3CC2CN3c2nccn3cnnc23)nc1. The predicted molar refractivity (Wildman–Crippen MR) is 84.7 cm³/mol. The standard InChI is InChI=1S/C14H13ClN8/c15-9-4-17-14(18-5-9)23-7-10-3-11(23)6-22(10)12-13-20-19-8-21(13)2-1-16-12/h1-2,4-5,8,10-11H,3,6-7H2. The molecule has 2 fully saturated rings. The van der Waals surface area contributed by atoms with E-state index in [9.17, 15) is 0 Å². The van der Waals surface area contributed by atoms with E-state index in [1.165, 1.54) is 0 Å². The van der Waals surface area contributed by atoms with Crippen molar-refractivity contribution in [1.29, 1.82) is 0 Å². The number of anilines is 2. The number of fused-ring (bicyclic) bond motifs is 3. The molecule has 2 atom stereocenters. The summed E-state index contributed by atoms with van der Waals surface area (Å²) in [5.74, 6) is 1.64. The summed E-state index contributed by atoms with van der Waals surface area (Å²) in [5, 5.41) is 8.72. The Labute approximate surface area is 136 Å². The normalized spacial score (nSPS) is 23.2. The molecular weight excluding hydrogens is 316 g/mol. The maximum atomic E-state index is 5.87. The molecule has 2 saturated heterocycles. The van der Waals surface area contributed by atoms with Gasteiger partial charge in [0.25, 0.3) is 0 Å². The Balaban J connectivity index is 1.44. The molecule has 5 rings (SSSR count). The third-order valence-corrected chi connectivity index (χ3v) is 4.77. The minimum atomic E-state index is 0.381. The fourth-order valence-corrected chi connectivity index (χ4v) is 3.67. The molecule has 0 N–H and O–H groups in total. The molecule has 3 aromatic rings. The zero-order valence-corrected chi connectivity index (χ0v) is 12.9. The van der Waals surface area contributed by atoms with E-state index in [4.69, 9.17) is 11.6 Å². The Kier molecular flexibility index (Phi) is 2.69. The van der Waals surface area contributed by atoms with Crippen LogP contribution in [0.2, 0.25) is 5.02 Å². The van der Waals surface area contributed by atoms with Crippen LogP contribution in [0.4, 0.5) is 11.8 Å². The van der Waals surface area contributed by atoms with Gasteiger partial charge in [0.1, 0.15) is 6.33 Å². The predicted octanol–water partition coefficient (Wildman–Crippen LogP) is 1.04. The van der Waals surface area contributed by atoms with Gasteiger partial charge in [0.05, 0.1) is 29.5 Å². The van der Waals surface area contributed by atoms with Crippen molar-refractivity contribution in [3.63, 3.8) is 0 Å². The van der Waals surface area contributed by atoms with E-state index in [2.05, 4.69) is 34.9 Å². The van der Waals surface area contributed by atoms with Crippen molar-refractivity contribution in [2.45, 2.75) is 18.5 Å². The van der Waals surface area contributed by atoms with Crippen LogP contribution in [0.15, 0.2) is 31.1 Å².